The number of ether oxygens (including phenoxy) is 2. The summed E-state index contributed by atoms with van der Waals surface area (Å²) in [5.41, 5.74) is 7.99. The molecular formula is C23H22F2N4O2. The van der Waals surface area contributed by atoms with Gasteiger partial charge in [0.1, 0.15) is 22.8 Å². The van der Waals surface area contributed by atoms with Gasteiger partial charge in [0.05, 0.1) is 6.61 Å². The van der Waals surface area contributed by atoms with E-state index in [9.17, 15) is 8.78 Å². The lowest BCUT2D eigenvalue weighted by Crippen LogP contribution is -2.26. The molecule has 160 valence electrons. The Morgan fingerprint density at radius 2 is 1.87 bits per heavy atom. The van der Waals surface area contributed by atoms with E-state index in [2.05, 4.69) is 28.6 Å². The zero-order valence-corrected chi connectivity index (χ0v) is 17.1. The van der Waals surface area contributed by atoms with Crippen LogP contribution >= 0.6 is 0 Å². The van der Waals surface area contributed by atoms with Gasteiger partial charge in [0.15, 0.2) is 0 Å². The molecular weight excluding hydrogens is 402 g/mol. The number of benzene rings is 1. The molecule has 1 atom stereocenters. The number of nitrogens with two attached hydrogens (primary N) is 1. The second-order valence-electron chi connectivity index (χ2n) is 7.60. The number of hydrogen-bond acceptors (Lipinski definition) is 6. The molecule has 1 aromatic carbocycles. The maximum Gasteiger partial charge on any atom is 0.388 e. The topological polar surface area (TPSA) is 82.6 Å². The zero-order valence-electron chi connectivity index (χ0n) is 17.1. The predicted molar refractivity (Wildman–Crippen MR) is 112 cm³/mol. The van der Waals surface area contributed by atoms with Crippen LogP contribution in [0.25, 0.3) is 0 Å². The fourth-order valence-electron chi connectivity index (χ4n) is 3.63. The molecule has 3 aromatic rings. The first-order valence-electron chi connectivity index (χ1n) is 9.86. The van der Waals surface area contributed by atoms with E-state index in [-0.39, 0.29) is 11.7 Å². The predicted octanol–water partition coefficient (Wildman–Crippen LogP) is 4.12. The van der Waals surface area contributed by atoms with Gasteiger partial charge < -0.3 is 15.2 Å². The van der Waals surface area contributed by atoms with Crippen molar-refractivity contribution in [1.29, 1.82) is 0 Å². The fourth-order valence-corrected chi connectivity index (χ4v) is 3.63. The van der Waals surface area contributed by atoms with Gasteiger partial charge in [-0.1, -0.05) is 32.0 Å². The van der Waals surface area contributed by atoms with Gasteiger partial charge in [0, 0.05) is 29.6 Å². The Bertz CT molecular complexity index is 1100. The summed E-state index contributed by atoms with van der Waals surface area (Å²) in [7, 11) is 0. The largest absolute Gasteiger partial charge is 0.493 e. The molecule has 0 saturated carbocycles. The van der Waals surface area contributed by atoms with Crippen molar-refractivity contribution in [2.24, 2.45) is 16.6 Å². The van der Waals surface area contributed by atoms with E-state index in [1.165, 1.54) is 12.3 Å². The van der Waals surface area contributed by atoms with Crippen LogP contribution in [0, 0.1) is 5.92 Å². The Morgan fingerprint density at radius 3 is 2.58 bits per heavy atom. The summed E-state index contributed by atoms with van der Waals surface area (Å²) in [6.45, 7) is 1.77. The van der Waals surface area contributed by atoms with Crippen molar-refractivity contribution in [3.8, 4) is 11.6 Å². The molecule has 4 rings (SSSR count). The summed E-state index contributed by atoms with van der Waals surface area (Å²) >= 11 is 0. The molecule has 0 aliphatic carbocycles. The molecule has 0 amide bonds. The van der Waals surface area contributed by atoms with E-state index in [0.717, 1.165) is 11.1 Å². The lowest BCUT2D eigenvalue weighted by Gasteiger charge is -2.29. The second kappa shape index (κ2) is 8.29. The highest BCUT2D eigenvalue weighted by atomic mass is 19.3. The van der Waals surface area contributed by atoms with E-state index in [1.807, 2.05) is 36.4 Å². The normalized spacial score (nSPS) is 17.5. The molecule has 0 radical (unpaired) electrons. The molecule has 3 heterocycles. The number of aromatic nitrogens is 2. The minimum atomic E-state index is -2.95. The SMILES string of the molecule is CC(C)COc1cccc(C2(c3ccc(OC(F)F)nc3)N=C(N)c3ncccc32)c1. The lowest BCUT2D eigenvalue weighted by molar-refractivity contribution is -0.0528. The zero-order chi connectivity index (χ0) is 22.0. The fraction of sp³-hybridized carbons (Fsp3) is 0.261. The summed E-state index contributed by atoms with van der Waals surface area (Å²) < 4.78 is 35.4. The highest BCUT2D eigenvalue weighted by Gasteiger charge is 2.44. The van der Waals surface area contributed by atoms with Gasteiger partial charge in [-0.05, 0) is 35.7 Å². The monoisotopic (exact) mass is 424 g/mol. The number of alkyl halides is 2. The minimum Gasteiger partial charge on any atom is -0.493 e. The van der Waals surface area contributed by atoms with Crippen molar-refractivity contribution in [2.45, 2.75) is 26.0 Å². The molecule has 2 N–H and O–H groups in total. The van der Waals surface area contributed by atoms with Crippen LogP contribution < -0.4 is 15.2 Å². The summed E-state index contributed by atoms with van der Waals surface area (Å²) in [6.07, 6.45) is 3.12. The number of nitrogens with zero attached hydrogens (tertiary/aromatic N) is 3. The Labute approximate surface area is 178 Å². The number of halogens is 2. The minimum absolute atomic E-state index is 0.177. The second-order valence-corrected chi connectivity index (χ2v) is 7.60. The van der Waals surface area contributed by atoms with E-state index >= 15 is 0 Å². The van der Waals surface area contributed by atoms with Crippen molar-refractivity contribution in [1.82, 2.24) is 9.97 Å². The molecule has 6 nitrogen and oxygen atoms in total. The molecule has 0 spiro atoms. The number of pyridine rings is 2. The van der Waals surface area contributed by atoms with Crippen LogP contribution in [0.2, 0.25) is 0 Å². The van der Waals surface area contributed by atoms with Crippen LogP contribution in [-0.2, 0) is 5.54 Å². The number of hydrogen-bond donors (Lipinski definition) is 1. The van der Waals surface area contributed by atoms with Crippen LogP contribution in [-0.4, -0.2) is 29.0 Å². The average molecular weight is 424 g/mol. The van der Waals surface area contributed by atoms with Crippen LogP contribution in [0.4, 0.5) is 8.78 Å². The first-order valence-corrected chi connectivity index (χ1v) is 9.86. The van der Waals surface area contributed by atoms with Crippen molar-refractivity contribution in [3.63, 3.8) is 0 Å². The quantitative estimate of drug-likeness (QED) is 0.617. The van der Waals surface area contributed by atoms with Crippen LogP contribution in [0.5, 0.6) is 11.6 Å². The third-order valence-electron chi connectivity index (χ3n) is 4.93. The smallest absolute Gasteiger partial charge is 0.388 e. The molecule has 8 heteroatoms. The standard InChI is InChI=1S/C23H22F2N4O2/c1-14(2)13-30-17-6-3-5-15(11-17)23(16-8-9-19(28-12-16)31-22(24)25)18-7-4-10-27-20(18)21(26)29-23/h3-12,14,22H,13H2,1-2H3,(H2,26,29). The Hall–Kier alpha value is -3.55. The van der Waals surface area contributed by atoms with Crippen molar-refractivity contribution >= 4 is 5.84 Å². The van der Waals surface area contributed by atoms with E-state index in [4.69, 9.17) is 15.5 Å². The molecule has 1 unspecified atom stereocenters. The molecule has 0 fully saturated rings. The van der Waals surface area contributed by atoms with Crippen LogP contribution in [0.15, 0.2) is 65.9 Å². The molecule has 0 bridgehead atoms. The van der Waals surface area contributed by atoms with Crippen molar-refractivity contribution in [3.05, 3.63) is 83.3 Å². The van der Waals surface area contributed by atoms with Crippen LogP contribution in [0.3, 0.4) is 0 Å². The maximum atomic E-state index is 12.6. The molecule has 1 aliphatic rings. The number of aliphatic imine (C=N–C) groups is 1. The van der Waals surface area contributed by atoms with E-state index in [1.54, 1.807) is 12.3 Å². The van der Waals surface area contributed by atoms with Gasteiger partial charge in [0.25, 0.3) is 0 Å². The highest BCUT2D eigenvalue weighted by Crippen LogP contribution is 2.46. The van der Waals surface area contributed by atoms with Crippen molar-refractivity contribution in [2.75, 3.05) is 6.61 Å². The first kappa shape index (κ1) is 20.7. The average Bonchev–Trinajstić information content (AvgIpc) is 3.06. The van der Waals surface area contributed by atoms with Gasteiger partial charge in [-0.15, -0.1) is 0 Å². The summed E-state index contributed by atoms with van der Waals surface area (Å²) in [5.74, 6) is 1.18. The molecule has 0 saturated heterocycles. The third kappa shape index (κ3) is 3.93. The van der Waals surface area contributed by atoms with Gasteiger partial charge in [0.2, 0.25) is 5.88 Å². The highest BCUT2D eigenvalue weighted by molar-refractivity contribution is 6.01. The Morgan fingerprint density at radius 1 is 1.03 bits per heavy atom. The molecule has 31 heavy (non-hydrogen) atoms. The van der Waals surface area contributed by atoms with Crippen LogP contribution in [0.1, 0.15) is 36.2 Å². The van der Waals surface area contributed by atoms with Gasteiger partial charge >= 0.3 is 6.61 Å². The maximum absolute atomic E-state index is 12.6. The number of rotatable bonds is 7. The Kier molecular flexibility index (Phi) is 5.54. The van der Waals surface area contributed by atoms with Crippen molar-refractivity contribution < 1.29 is 18.3 Å². The summed E-state index contributed by atoms with van der Waals surface area (Å²) in [5, 5.41) is 0. The third-order valence-corrected chi connectivity index (χ3v) is 4.93. The lowest BCUT2D eigenvalue weighted by atomic mass is 9.79. The van der Waals surface area contributed by atoms with Gasteiger partial charge in [-0.3, -0.25) is 4.98 Å². The Balaban J connectivity index is 1.86. The molecule has 1 aliphatic heterocycles. The first-order chi connectivity index (χ1) is 14.9. The summed E-state index contributed by atoms with van der Waals surface area (Å²) in [6, 6.07) is 14.3. The van der Waals surface area contributed by atoms with Gasteiger partial charge in [-0.25, -0.2) is 9.98 Å². The number of fused-ring (bicyclic) bond motifs is 1. The van der Waals surface area contributed by atoms with E-state index < -0.39 is 12.2 Å². The van der Waals surface area contributed by atoms with Gasteiger partial charge in [-0.2, -0.15) is 8.78 Å². The number of amidine groups is 1. The summed E-state index contributed by atoms with van der Waals surface area (Å²) in [4.78, 5) is 13.2. The van der Waals surface area contributed by atoms with E-state index in [0.29, 0.717) is 29.5 Å². The molecule has 2 aromatic heterocycles.